The number of hydrogen-bond donors (Lipinski definition) is 0. The molecular weight excluding hydrogens is 735 g/mol. The molecule has 0 amide bonds. The highest BCUT2D eigenvalue weighted by molar-refractivity contribution is 6.37. The minimum atomic E-state index is 0.199. The second-order valence-electron chi connectivity index (χ2n) is 17.0. The zero-order valence-electron chi connectivity index (χ0n) is 32.2. The largest absolute Gasteiger partial charge is 0.456 e. The summed E-state index contributed by atoms with van der Waals surface area (Å²) in [6, 6.07) is 41.8. The molecular formula is C54H33N5O. The number of nitrogens with zero attached hydrogens (tertiary/aromatic N) is 5. The average molecular weight is 768 g/mol. The summed E-state index contributed by atoms with van der Waals surface area (Å²) in [5.41, 5.74) is 14.8. The highest BCUT2D eigenvalue weighted by Crippen LogP contribution is 2.63. The van der Waals surface area contributed by atoms with Crippen molar-refractivity contribution in [2.24, 2.45) is 11.8 Å². The second-order valence-corrected chi connectivity index (χ2v) is 17.0. The molecule has 4 unspecified atom stereocenters. The molecule has 0 saturated heterocycles. The van der Waals surface area contributed by atoms with Gasteiger partial charge in [0.15, 0.2) is 11.6 Å². The van der Waals surface area contributed by atoms with E-state index in [9.17, 15) is 0 Å². The summed E-state index contributed by atoms with van der Waals surface area (Å²) in [7, 11) is 0. The smallest absolute Gasteiger partial charge is 0.163 e. The van der Waals surface area contributed by atoms with Crippen molar-refractivity contribution in [1.82, 2.24) is 23.9 Å². The molecule has 11 aromatic rings. The first-order valence-electron chi connectivity index (χ1n) is 21.0. The molecule has 1 fully saturated rings. The van der Waals surface area contributed by atoms with E-state index >= 15 is 0 Å². The Morgan fingerprint density at radius 3 is 2.43 bits per heavy atom. The Morgan fingerprint density at radius 1 is 0.600 bits per heavy atom. The summed E-state index contributed by atoms with van der Waals surface area (Å²) < 4.78 is 11.5. The molecule has 6 nitrogen and oxygen atoms in total. The van der Waals surface area contributed by atoms with Gasteiger partial charge >= 0.3 is 0 Å². The SMILES string of the molecule is C1=CC2=CC(c3nc(-c4cccc(-n5c6ccc7oc8ccc9c%10ccccc%10n%10c%11cccc5c%11c6c7c8c9%10)c4)nc(C4C5C=Cc6ccccc6C54)n3)=CCC2C=C1. The van der Waals surface area contributed by atoms with Gasteiger partial charge in [-0.05, 0) is 89.7 Å². The average Bonchev–Trinajstić information content (AvgIpc) is 3.65. The van der Waals surface area contributed by atoms with E-state index in [1.165, 1.54) is 65.6 Å². The first kappa shape index (κ1) is 31.4. The minimum Gasteiger partial charge on any atom is -0.456 e. The lowest BCUT2D eigenvalue weighted by Crippen LogP contribution is -2.09. The Balaban J connectivity index is 0.956. The molecule has 280 valence electrons. The molecule has 0 bridgehead atoms. The van der Waals surface area contributed by atoms with Crippen LogP contribution in [0.3, 0.4) is 0 Å². The first-order chi connectivity index (χ1) is 29.7. The number of aromatic nitrogens is 5. The third-order valence-corrected chi connectivity index (χ3v) is 14.0. The molecule has 60 heavy (non-hydrogen) atoms. The van der Waals surface area contributed by atoms with Crippen LogP contribution in [0.1, 0.15) is 41.0 Å². The van der Waals surface area contributed by atoms with Gasteiger partial charge in [-0.1, -0.05) is 103 Å². The van der Waals surface area contributed by atoms with Gasteiger partial charge in [0.2, 0.25) is 0 Å². The third kappa shape index (κ3) is 4.00. The summed E-state index contributed by atoms with van der Waals surface area (Å²) in [6.07, 6.45) is 18.9. The summed E-state index contributed by atoms with van der Waals surface area (Å²) in [6.45, 7) is 0. The number of fused-ring (bicyclic) bond motifs is 8. The maximum absolute atomic E-state index is 6.64. The van der Waals surface area contributed by atoms with Crippen LogP contribution in [0.5, 0.6) is 0 Å². The quantitative estimate of drug-likeness (QED) is 0.179. The van der Waals surface area contributed by atoms with Crippen LogP contribution in [0.2, 0.25) is 0 Å². The van der Waals surface area contributed by atoms with Crippen LogP contribution in [-0.4, -0.2) is 23.9 Å². The fraction of sp³-hybridized carbons (Fsp3) is 0.0926. The van der Waals surface area contributed by atoms with Crippen molar-refractivity contribution in [3.05, 3.63) is 186 Å². The van der Waals surface area contributed by atoms with Gasteiger partial charge in [-0.15, -0.1) is 0 Å². The van der Waals surface area contributed by atoms with E-state index in [1.54, 1.807) is 0 Å². The lowest BCUT2D eigenvalue weighted by atomic mass is 9.85. The van der Waals surface area contributed by atoms with Crippen molar-refractivity contribution in [3.63, 3.8) is 0 Å². The normalized spacial score (nSPS) is 20.6. The van der Waals surface area contributed by atoms with E-state index in [1.807, 2.05) is 0 Å². The van der Waals surface area contributed by atoms with Gasteiger partial charge in [0, 0.05) is 61.5 Å². The van der Waals surface area contributed by atoms with Gasteiger partial charge in [-0.25, -0.2) is 15.0 Å². The van der Waals surface area contributed by atoms with Crippen molar-refractivity contribution in [3.8, 4) is 17.1 Å². The van der Waals surface area contributed by atoms with Gasteiger partial charge in [0.05, 0.1) is 33.0 Å². The van der Waals surface area contributed by atoms with Crippen LogP contribution >= 0.6 is 0 Å². The molecule has 0 radical (unpaired) electrons. The topological polar surface area (TPSA) is 61.2 Å². The summed E-state index contributed by atoms with van der Waals surface area (Å²) >= 11 is 0. The van der Waals surface area contributed by atoms with Crippen molar-refractivity contribution >= 4 is 82.7 Å². The molecule has 4 aliphatic carbocycles. The van der Waals surface area contributed by atoms with Crippen molar-refractivity contribution in [2.75, 3.05) is 0 Å². The molecule has 1 saturated carbocycles. The van der Waals surface area contributed by atoms with Crippen LogP contribution in [0.4, 0.5) is 0 Å². The predicted octanol–water partition coefficient (Wildman–Crippen LogP) is 12.9. The van der Waals surface area contributed by atoms with Crippen molar-refractivity contribution < 1.29 is 4.42 Å². The van der Waals surface area contributed by atoms with E-state index in [0.29, 0.717) is 23.6 Å². The number of hydrogen-bond acceptors (Lipinski definition) is 4. The Hall–Kier alpha value is -7.57. The highest BCUT2D eigenvalue weighted by atomic mass is 16.3. The molecule has 5 aromatic heterocycles. The van der Waals surface area contributed by atoms with E-state index in [2.05, 4.69) is 173 Å². The fourth-order valence-electron chi connectivity index (χ4n) is 11.3. The van der Waals surface area contributed by atoms with E-state index < -0.39 is 0 Å². The van der Waals surface area contributed by atoms with Gasteiger partial charge in [0.1, 0.15) is 17.0 Å². The predicted molar refractivity (Wildman–Crippen MR) is 242 cm³/mol. The molecule has 0 spiro atoms. The number of benzene rings is 6. The molecule has 4 atom stereocenters. The van der Waals surface area contributed by atoms with Crippen LogP contribution in [-0.2, 0) is 0 Å². The summed E-state index contributed by atoms with van der Waals surface area (Å²) in [5.74, 6) is 3.66. The van der Waals surface area contributed by atoms with E-state index in [4.69, 9.17) is 19.4 Å². The monoisotopic (exact) mass is 767 g/mol. The summed E-state index contributed by atoms with van der Waals surface area (Å²) in [5, 5.41) is 7.29. The summed E-state index contributed by atoms with van der Waals surface area (Å²) in [4.78, 5) is 16.0. The van der Waals surface area contributed by atoms with Gasteiger partial charge in [-0.3, -0.25) is 0 Å². The van der Waals surface area contributed by atoms with Gasteiger partial charge < -0.3 is 13.4 Å². The Morgan fingerprint density at radius 2 is 1.43 bits per heavy atom. The van der Waals surface area contributed by atoms with Crippen LogP contribution in [0, 0.1) is 11.8 Å². The van der Waals surface area contributed by atoms with Crippen molar-refractivity contribution in [2.45, 2.75) is 18.3 Å². The molecule has 15 rings (SSSR count). The lowest BCUT2D eigenvalue weighted by Gasteiger charge is -2.20. The molecule has 0 N–H and O–H groups in total. The van der Waals surface area contributed by atoms with Crippen LogP contribution < -0.4 is 0 Å². The maximum Gasteiger partial charge on any atom is 0.163 e. The zero-order valence-corrected chi connectivity index (χ0v) is 32.2. The van der Waals surface area contributed by atoms with Gasteiger partial charge in [-0.2, -0.15) is 0 Å². The second kappa shape index (κ2) is 11.1. The number of allylic oxidation sites excluding steroid dienone is 9. The number of rotatable bonds is 4. The molecule has 4 aliphatic rings. The maximum atomic E-state index is 6.64. The Bertz CT molecular complexity index is 3850. The molecule has 6 heteroatoms. The zero-order chi connectivity index (χ0) is 38.8. The fourth-order valence-corrected chi connectivity index (χ4v) is 11.3. The lowest BCUT2D eigenvalue weighted by molar-refractivity contribution is 0.669. The molecule has 6 aromatic carbocycles. The van der Waals surface area contributed by atoms with Crippen molar-refractivity contribution in [1.29, 1.82) is 0 Å². The standard InChI is InChI=1S/C54H33N5O/c1-2-11-31-27-33(20-19-29(31)9-1)53-55-52(56-54(57-53)46-38-22-21-30-10-3-4-14-35(30)45(38)46)32-12-7-13-34(28-32)58-40-17-8-18-41-47(40)48-42(58)24-26-43-49(48)50-44(60-43)25-23-37-36-15-5-6-16-39(36)59(41)51(37)50/h1-18,20-29,38,45-46H,19H2. The molecule has 0 aliphatic heterocycles. The van der Waals surface area contributed by atoms with Gasteiger partial charge in [0.25, 0.3) is 0 Å². The number of para-hydroxylation sites is 1. The van der Waals surface area contributed by atoms with Crippen LogP contribution in [0.25, 0.3) is 99.8 Å². The highest BCUT2D eigenvalue weighted by Gasteiger charge is 2.54. The van der Waals surface area contributed by atoms with E-state index in [-0.39, 0.29) is 5.92 Å². The molecule has 5 heterocycles. The van der Waals surface area contributed by atoms with Crippen LogP contribution in [0.15, 0.2) is 168 Å². The third-order valence-electron chi connectivity index (χ3n) is 14.0. The Kier molecular flexibility index (Phi) is 5.83. The van der Waals surface area contributed by atoms with E-state index in [0.717, 1.165) is 57.1 Å². The Labute approximate surface area is 343 Å². The minimum absolute atomic E-state index is 0.199. The first-order valence-corrected chi connectivity index (χ1v) is 21.0. The number of furan rings is 1.